The molecule has 0 bridgehead atoms. The number of hydrogen-bond donors (Lipinski definition) is 1. The van der Waals surface area contributed by atoms with Crippen LogP contribution in [-0.2, 0) is 0 Å². The maximum Gasteiger partial charge on any atom is 0.573 e. The summed E-state index contributed by atoms with van der Waals surface area (Å²) in [4.78, 5) is 0. The van der Waals surface area contributed by atoms with Crippen LogP contribution in [0.15, 0.2) is 30.9 Å². The second-order valence-electron chi connectivity index (χ2n) is 3.58. The van der Waals surface area contributed by atoms with E-state index in [1.54, 1.807) is 6.08 Å². The Labute approximate surface area is 103 Å². The highest BCUT2D eigenvalue weighted by molar-refractivity contribution is 5.42. The fourth-order valence-electron chi connectivity index (χ4n) is 1.51. The molecule has 0 aliphatic rings. The minimum Gasteiger partial charge on any atom is -0.496 e. The molecule has 0 saturated heterocycles. The van der Waals surface area contributed by atoms with E-state index in [2.05, 4.69) is 11.3 Å². The predicted molar refractivity (Wildman–Crippen MR) is 61.4 cm³/mol. The lowest BCUT2D eigenvalue weighted by Gasteiger charge is -2.16. The summed E-state index contributed by atoms with van der Waals surface area (Å²) in [6.07, 6.45) is -2.72. The van der Waals surface area contributed by atoms with Crippen LogP contribution in [0.1, 0.15) is 18.0 Å². The van der Waals surface area contributed by atoms with Crippen molar-refractivity contribution in [2.75, 3.05) is 7.11 Å². The number of alkyl halides is 3. The summed E-state index contributed by atoms with van der Waals surface area (Å²) in [6.45, 7) is 3.53. The van der Waals surface area contributed by atoms with Gasteiger partial charge in [0.15, 0.2) is 0 Å². The van der Waals surface area contributed by atoms with Gasteiger partial charge in [-0.2, -0.15) is 0 Å². The Bertz CT molecular complexity index is 418. The first-order valence-electron chi connectivity index (χ1n) is 5.17. The van der Waals surface area contributed by atoms with Crippen LogP contribution < -0.4 is 15.2 Å². The number of ether oxygens (including phenoxy) is 2. The lowest BCUT2D eigenvalue weighted by atomic mass is 10.0. The number of hydrogen-bond acceptors (Lipinski definition) is 3. The third-order valence-electron chi connectivity index (χ3n) is 2.25. The van der Waals surface area contributed by atoms with Crippen molar-refractivity contribution in [3.63, 3.8) is 0 Å². The first-order chi connectivity index (χ1) is 8.37. The van der Waals surface area contributed by atoms with Gasteiger partial charge in [-0.1, -0.05) is 6.08 Å². The average molecular weight is 261 g/mol. The standard InChI is InChI=1S/C12H14F3NO2/c1-3-4-10(16)9-7-8(18-12(13,14)15)5-6-11(9)17-2/h3,5-7,10H,1,4,16H2,2H3/t10-/m1/s1. The topological polar surface area (TPSA) is 44.5 Å². The predicted octanol–water partition coefficient (Wildman–Crippen LogP) is 3.17. The quantitative estimate of drug-likeness (QED) is 0.828. The van der Waals surface area contributed by atoms with Crippen LogP contribution in [0, 0.1) is 0 Å². The Morgan fingerprint density at radius 1 is 1.44 bits per heavy atom. The van der Waals surface area contributed by atoms with Crippen molar-refractivity contribution < 1.29 is 22.6 Å². The second-order valence-corrected chi connectivity index (χ2v) is 3.58. The summed E-state index contributed by atoms with van der Waals surface area (Å²) in [5, 5.41) is 0. The molecule has 18 heavy (non-hydrogen) atoms. The monoisotopic (exact) mass is 261 g/mol. The third-order valence-corrected chi connectivity index (χ3v) is 2.25. The van der Waals surface area contributed by atoms with Crippen molar-refractivity contribution in [3.05, 3.63) is 36.4 Å². The van der Waals surface area contributed by atoms with Gasteiger partial charge in [-0.05, 0) is 24.6 Å². The van der Waals surface area contributed by atoms with Crippen LogP contribution in [0.3, 0.4) is 0 Å². The molecule has 0 aliphatic heterocycles. The molecule has 100 valence electrons. The highest BCUT2D eigenvalue weighted by Gasteiger charge is 2.31. The van der Waals surface area contributed by atoms with Gasteiger partial charge in [-0.25, -0.2) is 0 Å². The molecule has 0 aromatic heterocycles. The van der Waals surface area contributed by atoms with Gasteiger partial charge in [0.2, 0.25) is 0 Å². The Morgan fingerprint density at radius 3 is 2.61 bits per heavy atom. The van der Waals surface area contributed by atoms with Gasteiger partial charge in [-0.15, -0.1) is 19.8 Å². The Balaban J connectivity index is 3.05. The van der Waals surface area contributed by atoms with E-state index in [1.165, 1.54) is 25.3 Å². The van der Waals surface area contributed by atoms with E-state index in [0.29, 0.717) is 17.7 Å². The summed E-state index contributed by atoms with van der Waals surface area (Å²) in [7, 11) is 1.42. The van der Waals surface area contributed by atoms with Gasteiger partial charge in [0.25, 0.3) is 0 Å². The van der Waals surface area contributed by atoms with Crippen molar-refractivity contribution >= 4 is 0 Å². The lowest BCUT2D eigenvalue weighted by molar-refractivity contribution is -0.274. The summed E-state index contributed by atoms with van der Waals surface area (Å²) in [5.41, 5.74) is 6.27. The average Bonchev–Trinajstić information content (AvgIpc) is 2.27. The maximum absolute atomic E-state index is 12.1. The van der Waals surface area contributed by atoms with E-state index >= 15 is 0 Å². The highest BCUT2D eigenvalue weighted by atomic mass is 19.4. The summed E-state index contributed by atoms with van der Waals surface area (Å²) in [6, 6.07) is 3.30. The minimum atomic E-state index is -4.73. The van der Waals surface area contributed by atoms with Crippen LogP contribution >= 0.6 is 0 Å². The molecule has 2 N–H and O–H groups in total. The van der Waals surface area contributed by atoms with Crippen LogP contribution in [-0.4, -0.2) is 13.5 Å². The summed E-state index contributed by atoms with van der Waals surface area (Å²) in [5.74, 6) is 0.0942. The number of halogens is 3. The zero-order chi connectivity index (χ0) is 13.8. The Hall–Kier alpha value is -1.69. The molecule has 1 atom stereocenters. The third kappa shape index (κ3) is 3.96. The first kappa shape index (κ1) is 14.4. The molecule has 0 fully saturated rings. The van der Waals surface area contributed by atoms with Gasteiger partial charge in [0.1, 0.15) is 11.5 Å². The van der Waals surface area contributed by atoms with Crippen molar-refractivity contribution in [2.45, 2.75) is 18.8 Å². The molecular formula is C12H14F3NO2. The summed E-state index contributed by atoms with van der Waals surface area (Å²) < 4.78 is 45.2. The minimum absolute atomic E-state index is 0.321. The van der Waals surface area contributed by atoms with Crippen molar-refractivity contribution in [1.82, 2.24) is 0 Å². The highest BCUT2D eigenvalue weighted by Crippen LogP contribution is 2.32. The molecule has 0 amide bonds. The largest absolute Gasteiger partial charge is 0.573 e. The zero-order valence-electron chi connectivity index (χ0n) is 9.83. The van der Waals surface area contributed by atoms with E-state index in [4.69, 9.17) is 10.5 Å². The van der Waals surface area contributed by atoms with E-state index in [9.17, 15) is 13.2 Å². The number of methoxy groups -OCH3 is 1. The van der Waals surface area contributed by atoms with Crippen LogP contribution in [0.4, 0.5) is 13.2 Å². The summed E-state index contributed by atoms with van der Waals surface area (Å²) >= 11 is 0. The number of nitrogens with two attached hydrogens (primary N) is 1. The van der Waals surface area contributed by atoms with E-state index < -0.39 is 12.4 Å². The van der Waals surface area contributed by atoms with Gasteiger partial charge >= 0.3 is 6.36 Å². The fourth-order valence-corrected chi connectivity index (χ4v) is 1.51. The molecule has 3 nitrogen and oxygen atoms in total. The smallest absolute Gasteiger partial charge is 0.496 e. The van der Waals surface area contributed by atoms with E-state index in [1.807, 2.05) is 0 Å². The van der Waals surface area contributed by atoms with Crippen molar-refractivity contribution in [2.24, 2.45) is 5.73 Å². The van der Waals surface area contributed by atoms with Gasteiger partial charge in [-0.3, -0.25) is 0 Å². The number of benzene rings is 1. The molecule has 1 aromatic rings. The first-order valence-corrected chi connectivity index (χ1v) is 5.17. The van der Waals surface area contributed by atoms with Crippen LogP contribution in [0.5, 0.6) is 11.5 Å². The molecule has 1 rings (SSSR count). The molecule has 6 heteroatoms. The van der Waals surface area contributed by atoms with Crippen molar-refractivity contribution in [3.8, 4) is 11.5 Å². The van der Waals surface area contributed by atoms with E-state index in [-0.39, 0.29) is 5.75 Å². The van der Waals surface area contributed by atoms with E-state index in [0.717, 1.165) is 0 Å². The lowest BCUT2D eigenvalue weighted by Crippen LogP contribution is -2.18. The second kappa shape index (κ2) is 5.77. The van der Waals surface area contributed by atoms with Crippen molar-refractivity contribution in [1.29, 1.82) is 0 Å². The molecule has 1 aromatic carbocycles. The molecule has 0 radical (unpaired) electrons. The van der Waals surface area contributed by atoms with Crippen LogP contribution in [0.25, 0.3) is 0 Å². The Morgan fingerprint density at radius 2 is 2.11 bits per heavy atom. The number of rotatable bonds is 5. The molecule has 0 unspecified atom stereocenters. The van der Waals surface area contributed by atoms with Gasteiger partial charge < -0.3 is 15.2 Å². The van der Waals surface area contributed by atoms with Crippen LogP contribution in [0.2, 0.25) is 0 Å². The van der Waals surface area contributed by atoms with Gasteiger partial charge in [0.05, 0.1) is 7.11 Å². The zero-order valence-corrected chi connectivity index (χ0v) is 9.83. The SMILES string of the molecule is C=CC[C@@H](N)c1cc(OC(F)(F)F)ccc1OC. The molecule has 0 saturated carbocycles. The normalized spacial score (nSPS) is 12.9. The molecular weight excluding hydrogens is 247 g/mol. The fraction of sp³-hybridized carbons (Fsp3) is 0.333. The Kier molecular flexibility index (Phi) is 4.61. The van der Waals surface area contributed by atoms with Gasteiger partial charge in [0, 0.05) is 11.6 Å². The molecule has 0 spiro atoms. The molecule has 0 heterocycles. The maximum atomic E-state index is 12.1. The molecule has 0 aliphatic carbocycles.